The number of aliphatic imine (C=N–C) groups is 1. The van der Waals surface area contributed by atoms with Crippen LogP contribution >= 0.6 is 11.3 Å². The van der Waals surface area contributed by atoms with E-state index in [1.807, 2.05) is 37.4 Å². The van der Waals surface area contributed by atoms with Gasteiger partial charge >= 0.3 is 6.03 Å². The first-order valence-electron chi connectivity index (χ1n) is 17.0. The summed E-state index contributed by atoms with van der Waals surface area (Å²) in [4.78, 5) is 53.7. The minimum absolute atomic E-state index is 0.0100. The van der Waals surface area contributed by atoms with Crippen LogP contribution in [0.4, 0.5) is 9.93 Å². The van der Waals surface area contributed by atoms with E-state index in [1.165, 1.54) is 17.6 Å². The molecule has 0 radical (unpaired) electrons. The second kappa shape index (κ2) is 14.6. The zero-order valence-corrected chi connectivity index (χ0v) is 30.7. The standard InChI is InChI=1S/C35H43N7O7S2/c1-21(2)37-33-40-28(20-50-33)27-18-29(24-11-10-23(48-4)17-26(24)38-27)49-16-12-25-30(43)41-35(31(44)42-51(46,47)34(3)13-14-34)19-22(35)9-7-5-6-8-15-36-32(45)39-25/h7,9-11,15,17-18,20-22,25H,5-6,8,12-14,16,19H2,1-4H3,(H,37,40)(H,39,45)(H,41,43)(H,42,44)/b9-7-,36-15+/t22-,25+,35-/m1/s1. The molecule has 1 aliphatic heterocycles. The number of carbonyl (C=O) groups is 3. The number of amides is 4. The molecule has 2 fully saturated rings. The van der Waals surface area contributed by atoms with Gasteiger partial charge in [-0.2, -0.15) is 0 Å². The summed E-state index contributed by atoms with van der Waals surface area (Å²) in [7, 11) is -2.37. The lowest BCUT2D eigenvalue weighted by Crippen LogP contribution is -2.57. The zero-order valence-electron chi connectivity index (χ0n) is 29.0. The highest BCUT2D eigenvalue weighted by molar-refractivity contribution is 7.91. The normalized spacial score (nSPS) is 24.3. The van der Waals surface area contributed by atoms with Gasteiger partial charge in [0.05, 0.1) is 29.7 Å². The smallest absolute Gasteiger partial charge is 0.341 e. The lowest BCUT2D eigenvalue weighted by Gasteiger charge is -2.24. The minimum atomic E-state index is -3.95. The van der Waals surface area contributed by atoms with Gasteiger partial charge in [-0.25, -0.2) is 28.2 Å². The first kappa shape index (κ1) is 36.2. The molecule has 4 amide bonds. The molecule has 3 aliphatic rings. The Morgan fingerprint density at radius 3 is 2.69 bits per heavy atom. The number of nitrogens with one attached hydrogen (secondary N) is 4. The molecule has 272 valence electrons. The van der Waals surface area contributed by atoms with Crippen molar-refractivity contribution in [1.29, 1.82) is 0 Å². The average molecular weight is 738 g/mol. The van der Waals surface area contributed by atoms with Crippen LogP contribution in [0.25, 0.3) is 22.3 Å². The number of ether oxygens (including phenoxy) is 2. The molecule has 3 atom stereocenters. The van der Waals surface area contributed by atoms with Gasteiger partial charge in [-0.05, 0) is 71.4 Å². The van der Waals surface area contributed by atoms with Crippen LogP contribution in [0.1, 0.15) is 65.7 Å². The van der Waals surface area contributed by atoms with Crippen LogP contribution in [0, 0.1) is 5.92 Å². The van der Waals surface area contributed by atoms with Crippen LogP contribution in [0.15, 0.2) is 46.8 Å². The number of methoxy groups -OCH3 is 1. The first-order chi connectivity index (χ1) is 24.3. The molecular weight excluding hydrogens is 695 g/mol. The van der Waals surface area contributed by atoms with Crippen molar-refractivity contribution < 1.29 is 32.3 Å². The lowest BCUT2D eigenvalue weighted by molar-refractivity contribution is -0.130. The van der Waals surface area contributed by atoms with Crippen molar-refractivity contribution in [1.82, 2.24) is 25.3 Å². The maximum absolute atomic E-state index is 13.9. The van der Waals surface area contributed by atoms with Crippen molar-refractivity contribution in [2.45, 2.75) is 88.1 Å². The van der Waals surface area contributed by atoms with E-state index < -0.39 is 50.1 Å². The predicted molar refractivity (Wildman–Crippen MR) is 196 cm³/mol. The summed E-state index contributed by atoms with van der Waals surface area (Å²) in [6.07, 6.45) is 8.34. The van der Waals surface area contributed by atoms with E-state index in [4.69, 9.17) is 14.5 Å². The minimum Gasteiger partial charge on any atom is -0.497 e. The van der Waals surface area contributed by atoms with Crippen LogP contribution in [0.2, 0.25) is 0 Å². The van der Waals surface area contributed by atoms with Crippen LogP contribution < -0.4 is 30.1 Å². The van der Waals surface area contributed by atoms with E-state index in [0.29, 0.717) is 59.5 Å². The molecule has 3 aromatic rings. The monoisotopic (exact) mass is 737 g/mol. The Bertz CT molecular complexity index is 1990. The Labute approximate surface area is 301 Å². The van der Waals surface area contributed by atoms with Gasteiger partial charge in [-0.3, -0.25) is 14.3 Å². The van der Waals surface area contributed by atoms with Gasteiger partial charge in [0.25, 0.3) is 5.91 Å². The first-order valence-corrected chi connectivity index (χ1v) is 19.4. The number of thiazole rings is 1. The SMILES string of the molecule is COc1ccc2c(OCC[C@@H]3NC(=O)/N=C/CCC/C=C\[C@@H]4C[C@@]4(C(=O)NS(=O)(=O)C4(C)CC4)NC3=O)cc(-c3csc(NC(C)C)n3)nc2c1. The second-order valence-corrected chi connectivity index (χ2v) is 16.7. The lowest BCUT2D eigenvalue weighted by atomic mass is 10.1. The number of aromatic nitrogens is 2. The fraction of sp³-hybridized carbons (Fsp3) is 0.486. The number of hydrogen-bond donors (Lipinski definition) is 4. The third-order valence-electron chi connectivity index (χ3n) is 9.31. The molecule has 4 N–H and O–H groups in total. The number of anilines is 1. The summed E-state index contributed by atoms with van der Waals surface area (Å²) in [6.45, 7) is 5.63. The highest BCUT2D eigenvalue weighted by Gasteiger charge is 2.62. The third kappa shape index (κ3) is 8.17. The number of carbonyl (C=O) groups excluding carboxylic acids is 3. The molecule has 0 bridgehead atoms. The van der Waals surface area contributed by atoms with Gasteiger partial charge in [0.1, 0.15) is 28.8 Å². The largest absolute Gasteiger partial charge is 0.497 e. The number of urea groups is 1. The number of hydrogen-bond acceptors (Lipinski definition) is 11. The Morgan fingerprint density at radius 1 is 1.14 bits per heavy atom. The zero-order chi connectivity index (χ0) is 36.4. The fourth-order valence-corrected chi connectivity index (χ4v) is 7.97. The Balaban J connectivity index is 1.24. The molecule has 0 saturated heterocycles. The van der Waals surface area contributed by atoms with Crippen LogP contribution in [-0.2, 0) is 19.6 Å². The molecule has 14 nitrogen and oxygen atoms in total. The average Bonchev–Trinajstić information content (AvgIpc) is 3.96. The second-order valence-electron chi connectivity index (χ2n) is 13.7. The number of pyridine rings is 1. The maximum atomic E-state index is 13.9. The maximum Gasteiger partial charge on any atom is 0.341 e. The number of fused-ring (bicyclic) bond motifs is 2. The summed E-state index contributed by atoms with van der Waals surface area (Å²) < 4.78 is 38.9. The summed E-state index contributed by atoms with van der Waals surface area (Å²) in [6, 6.07) is 5.54. The Hall–Kier alpha value is -4.57. The van der Waals surface area contributed by atoms with E-state index >= 15 is 0 Å². The topological polar surface area (TPSA) is 190 Å². The molecule has 2 saturated carbocycles. The Kier molecular flexibility index (Phi) is 10.4. The van der Waals surface area contributed by atoms with Crippen molar-refractivity contribution in [2.24, 2.45) is 10.9 Å². The van der Waals surface area contributed by atoms with Crippen molar-refractivity contribution >= 4 is 61.5 Å². The summed E-state index contributed by atoms with van der Waals surface area (Å²) in [5, 5.41) is 12.1. The van der Waals surface area contributed by atoms with Crippen molar-refractivity contribution in [3.05, 3.63) is 41.8 Å². The van der Waals surface area contributed by atoms with Gasteiger partial charge in [0.2, 0.25) is 15.9 Å². The third-order valence-corrected chi connectivity index (χ3v) is 12.2. The quantitative estimate of drug-likeness (QED) is 0.201. The van der Waals surface area contributed by atoms with Gasteiger partial charge in [0.15, 0.2) is 5.13 Å². The molecule has 6 rings (SSSR count). The molecule has 0 unspecified atom stereocenters. The van der Waals surface area contributed by atoms with E-state index in [1.54, 1.807) is 32.2 Å². The molecule has 0 spiro atoms. The van der Waals surface area contributed by atoms with Crippen molar-refractivity contribution in [3.8, 4) is 22.9 Å². The summed E-state index contributed by atoms with van der Waals surface area (Å²) >= 11 is 1.46. The number of allylic oxidation sites excluding steroid dienone is 1. The number of nitrogens with zero attached hydrogens (tertiary/aromatic N) is 3. The van der Waals surface area contributed by atoms with Gasteiger partial charge in [-0.15, -0.1) is 11.3 Å². The van der Waals surface area contributed by atoms with Gasteiger partial charge in [0, 0.05) is 47.5 Å². The molecule has 2 aliphatic carbocycles. The van der Waals surface area contributed by atoms with Crippen LogP contribution in [-0.4, -0.2) is 78.5 Å². The summed E-state index contributed by atoms with van der Waals surface area (Å²) in [5.41, 5.74) is 0.368. The van der Waals surface area contributed by atoms with E-state index in [9.17, 15) is 22.8 Å². The highest BCUT2D eigenvalue weighted by Crippen LogP contribution is 2.47. The van der Waals surface area contributed by atoms with Gasteiger partial charge < -0.3 is 25.4 Å². The molecular formula is C35H43N7O7S2. The number of benzene rings is 1. The van der Waals surface area contributed by atoms with Crippen LogP contribution in [0.5, 0.6) is 11.5 Å². The molecule has 3 heterocycles. The predicted octanol–water partition coefficient (Wildman–Crippen LogP) is 4.72. The molecule has 1 aromatic carbocycles. The van der Waals surface area contributed by atoms with Crippen LogP contribution in [0.3, 0.4) is 0 Å². The molecule has 2 aromatic heterocycles. The summed E-state index contributed by atoms with van der Waals surface area (Å²) in [5.74, 6) is -0.753. The molecule has 51 heavy (non-hydrogen) atoms. The molecule has 16 heteroatoms. The van der Waals surface area contributed by atoms with E-state index in [-0.39, 0.29) is 25.5 Å². The fourth-order valence-electron chi connectivity index (χ4n) is 5.81. The number of sulfonamides is 1. The highest BCUT2D eigenvalue weighted by atomic mass is 32.2. The van der Waals surface area contributed by atoms with Gasteiger partial charge in [-0.1, -0.05) is 12.2 Å². The van der Waals surface area contributed by atoms with E-state index in [0.717, 1.165) is 11.6 Å². The van der Waals surface area contributed by atoms with E-state index in [2.05, 4.69) is 30.6 Å². The van der Waals surface area contributed by atoms with Crippen molar-refractivity contribution in [3.63, 3.8) is 0 Å². The van der Waals surface area contributed by atoms with Crippen molar-refractivity contribution in [2.75, 3.05) is 19.0 Å². The Morgan fingerprint density at radius 2 is 1.94 bits per heavy atom. The number of rotatable bonds is 11.